The van der Waals surface area contributed by atoms with Gasteiger partial charge in [-0.25, -0.2) is 0 Å². The number of para-hydroxylation sites is 1. The van der Waals surface area contributed by atoms with E-state index in [9.17, 15) is 5.26 Å². The molecule has 0 radical (unpaired) electrons. The zero-order valence-electron chi connectivity index (χ0n) is 25.9. The van der Waals surface area contributed by atoms with Crippen molar-refractivity contribution in [3.8, 4) is 6.07 Å². The van der Waals surface area contributed by atoms with Crippen molar-refractivity contribution in [3.63, 3.8) is 0 Å². The number of hydrogen-bond acceptors (Lipinski definition) is 4. The standard InChI is InChI=1S/C42H38N4/c43-26-28-20-22-37(44-27-28)31-12-8-10-29(24-31)30-11-9-15-33(25-30)45-39-19-7-5-17-36(39)41-40(45)23-21-35-34-16-4-6-18-38(34)46(42(35)41)32-13-2-1-3-14-32/h1-6,8-18,20-21,23,25,27,29,34-35,37-38,40-42H,7,19,22,24H2. The molecule has 0 bridgehead atoms. The lowest BCUT2D eigenvalue weighted by Crippen LogP contribution is -2.49. The average Bonchev–Trinajstić information content (AvgIpc) is 3.65. The van der Waals surface area contributed by atoms with Crippen LogP contribution in [0.5, 0.6) is 0 Å². The van der Waals surface area contributed by atoms with Crippen LogP contribution in [0.2, 0.25) is 0 Å². The number of hydrogen-bond donors (Lipinski definition) is 0. The first-order valence-corrected chi connectivity index (χ1v) is 16.9. The minimum atomic E-state index is 0.126. The Labute approximate surface area is 272 Å². The van der Waals surface area contributed by atoms with Crippen LogP contribution in [-0.4, -0.2) is 30.4 Å². The Morgan fingerprint density at radius 2 is 1.74 bits per heavy atom. The van der Waals surface area contributed by atoms with Crippen LogP contribution in [0.25, 0.3) is 0 Å². The van der Waals surface area contributed by atoms with Crippen molar-refractivity contribution < 1.29 is 0 Å². The molecular weight excluding hydrogens is 560 g/mol. The molecular formula is C42H38N4. The maximum absolute atomic E-state index is 9.24. The van der Waals surface area contributed by atoms with E-state index in [1.54, 1.807) is 6.21 Å². The first-order chi connectivity index (χ1) is 22.8. The topological polar surface area (TPSA) is 42.6 Å². The van der Waals surface area contributed by atoms with Gasteiger partial charge in [0.05, 0.1) is 23.7 Å². The number of dihydropyridines is 1. The third-order valence-electron chi connectivity index (χ3n) is 11.3. The molecule has 8 unspecified atom stereocenters. The first kappa shape index (κ1) is 27.4. The quantitative estimate of drug-likeness (QED) is 0.331. The molecule has 4 aliphatic carbocycles. The summed E-state index contributed by atoms with van der Waals surface area (Å²) >= 11 is 0. The highest BCUT2D eigenvalue weighted by Crippen LogP contribution is 2.55. The summed E-state index contributed by atoms with van der Waals surface area (Å²) in [6, 6.07) is 23.9. The van der Waals surface area contributed by atoms with Gasteiger partial charge >= 0.3 is 0 Å². The van der Waals surface area contributed by atoms with Gasteiger partial charge in [0.2, 0.25) is 0 Å². The fourth-order valence-corrected chi connectivity index (χ4v) is 9.31. The van der Waals surface area contributed by atoms with E-state index in [2.05, 4.69) is 137 Å². The number of anilines is 2. The molecule has 0 N–H and O–H groups in total. The molecule has 226 valence electrons. The van der Waals surface area contributed by atoms with Crippen molar-refractivity contribution in [2.45, 2.75) is 55.8 Å². The maximum atomic E-state index is 9.24. The van der Waals surface area contributed by atoms with Crippen molar-refractivity contribution in [2.75, 3.05) is 9.80 Å². The number of nitrogens with zero attached hydrogens (tertiary/aromatic N) is 4. The fraction of sp³-hybridized carbons (Fsp3) is 0.286. The predicted octanol–water partition coefficient (Wildman–Crippen LogP) is 8.54. The van der Waals surface area contributed by atoms with Gasteiger partial charge in [-0.1, -0.05) is 103 Å². The van der Waals surface area contributed by atoms with Gasteiger partial charge in [0, 0.05) is 53.0 Å². The van der Waals surface area contributed by atoms with Gasteiger partial charge in [0.1, 0.15) is 6.07 Å². The van der Waals surface area contributed by atoms with E-state index in [-0.39, 0.29) is 6.04 Å². The molecule has 0 amide bonds. The Morgan fingerprint density at radius 1 is 0.848 bits per heavy atom. The summed E-state index contributed by atoms with van der Waals surface area (Å²) in [5.74, 6) is 1.67. The van der Waals surface area contributed by atoms with Crippen LogP contribution in [-0.2, 0) is 0 Å². The smallest absolute Gasteiger partial charge is 0.100 e. The second-order valence-electron chi connectivity index (χ2n) is 13.6. The SMILES string of the molecule is N#CC1=CCC(C2=CC=CC(c3cccc(N4C5=C(C=CCC5)C5C4C=CC4C6C=CC=CC6N(c6ccccc6)C45)c3)C2)N=C1. The van der Waals surface area contributed by atoms with Crippen molar-refractivity contribution in [1.29, 1.82) is 5.26 Å². The molecule has 0 aromatic heterocycles. The third kappa shape index (κ3) is 4.36. The van der Waals surface area contributed by atoms with Crippen LogP contribution >= 0.6 is 0 Å². The fourth-order valence-electron chi connectivity index (χ4n) is 9.31. The predicted molar refractivity (Wildman–Crippen MR) is 188 cm³/mol. The molecule has 3 aliphatic heterocycles. The molecule has 0 spiro atoms. The molecule has 8 atom stereocenters. The van der Waals surface area contributed by atoms with Gasteiger partial charge in [-0.2, -0.15) is 5.26 Å². The minimum absolute atomic E-state index is 0.126. The molecule has 2 aromatic carbocycles. The molecule has 1 fully saturated rings. The molecule has 46 heavy (non-hydrogen) atoms. The number of rotatable bonds is 4. The summed E-state index contributed by atoms with van der Waals surface area (Å²) in [4.78, 5) is 10.2. The molecule has 4 nitrogen and oxygen atoms in total. The van der Waals surface area contributed by atoms with Gasteiger partial charge in [0.15, 0.2) is 0 Å². The van der Waals surface area contributed by atoms with Gasteiger partial charge < -0.3 is 9.80 Å². The van der Waals surface area contributed by atoms with Gasteiger partial charge in [-0.05, 0) is 66.7 Å². The summed E-state index contributed by atoms with van der Waals surface area (Å²) in [5, 5.41) is 9.24. The van der Waals surface area contributed by atoms with Crippen molar-refractivity contribution >= 4 is 17.6 Å². The van der Waals surface area contributed by atoms with E-state index in [4.69, 9.17) is 4.99 Å². The number of fused-ring (bicyclic) bond motifs is 6. The summed E-state index contributed by atoms with van der Waals surface area (Å²) in [6.45, 7) is 0. The van der Waals surface area contributed by atoms with E-state index < -0.39 is 0 Å². The lowest BCUT2D eigenvalue weighted by Gasteiger charge is -2.42. The monoisotopic (exact) mass is 598 g/mol. The summed E-state index contributed by atoms with van der Waals surface area (Å²) < 4.78 is 0. The Bertz CT molecular complexity index is 1870. The maximum Gasteiger partial charge on any atom is 0.100 e. The van der Waals surface area contributed by atoms with Crippen LogP contribution in [0.4, 0.5) is 11.4 Å². The zero-order valence-corrected chi connectivity index (χ0v) is 25.9. The lowest BCUT2D eigenvalue weighted by atomic mass is 9.72. The minimum Gasteiger partial charge on any atom is -0.360 e. The van der Waals surface area contributed by atoms with E-state index in [0.717, 1.165) is 25.7 Å². The van der Waals surface area contributed by atoms with Gasteiger partial charge in [-0.15, -0.1) is 0 Å². The zero-order chi connectivity index (χ0) is 30.6. The third-order valence-corrected chi connectivity index (χ3v) is 11.3. The van der Waals surface area contributed by atoms with Gasteiger partial charge in [0.25, 0.3) is 0 Å². The second kappa shape index (κ2) is 11.2. The molecule has 0 saturated carbocycles. The second-order valence-corrected chi connectivity index (χ2v) is 13.6. The summed E-state index contributed by atoms with van der Waals surface area (Å²) in [7, 11) is 0. The van der Waals surface area contributed by atoms with Crippen LogP contribution in [0.1, 0.15) is 37.2 Å². The Kier molecular flexibility index (Phi) is 6.66. The molecule has 7 aliphatic rings. The Hall–Kier alpha value is -4.88. The van der Waals surface area contributed by atoms with Crippen LogP contribution in [0.3, 0.4) is 0 Å². The van der Waals surface area contributed by atoms with E-state index >= 15 is 0 Å². The summed E-state index contributed by atoms with van der Waals surface area (Å²) in [5.41, 5.74) is 9.05. The van der Waals surface area contributed by atoms with E-state index in [1.807, 2.05) is 6.08 Å². The van der Waals surface area contributed by atoms with Crippen molar-refractivity contribution in [1.82, 2.24) is 0 Å². The molecule has 1 saturated heterocycles. The normalized spacial score (nSPS) is 33.3. The van der Waals surface area contributed by atoms with Crippen LogP contribution in [0.15, 0.2) is 155 Å². The van der Waals surface area contributed by atoms with Gasteiger partial charge in [-0.3, -0.25) is 4.99 Å². The van der Waals surface area contributed by atoms with E-state index in [1.165, 1.54) is 33.8 Å². The average molecular weight is 599 g/mol. The van der Waals surface area contributed by atoms with Crippen LogP contribution < -0.4 is 9.80 Å². The van der Waals surface area contributed by atoms with Crippen molar-refractivity contribution in [3.05, 3.63) is 155 Å². The number of aliphatic imine (C=N–C) groups is 1. The molecule has 3 heterocycles. The highest BCUT2D eigenvalue weighted by molar-refractivity contribution is 5.84. The summed E-state index contributed by atoms with van der Waals surface area (Å²) in [6.07, 6.45) is 33.8. The molecule has 4 heteroatoms. The largest absolute Gasteiger partial charge is 0.360 e. The number of benzene rings is 2. The molecule has 9 rings (SSSR count). The molecule has 2 aromatic rings. The van der Waals surface area contributed by atoms with Crippen molar-refractivity contribution in [2.24, 2.45) is 22.7 Å². The highest BCUT2D eigenvalue weighted by Gasteiger charge is 2.56. The number of nitriles is 1. The first-order valence-electron chi connectivity index (χ1n) is 16.9. The number of allylic oxidation sites excluding steroid dienone is 9. The highest BCUT2D eigenvalue weighted by atomic mass is 15.3. The Morgan fingerprint density at radius 3 is 2.61 bits per heavy atom. The Balaban J connectivity index is 1.06. The van der Waals surface area contributed by atoms with E-state index in [0.29, 0.717) is 47.4 Å². The lowest BCUT2D eigenvalue weighted by molar-refractivity contribution is 0.369. The van der Waals surface area contributed by atoms with Crippen LogP contribution in [0, 0.1) is 29.1 Å².